The summed E-state index contributed by atoms with van der Waals surface area (Å²) in [7, 11) is 1.81. The van der Waals surface area contributed by atoms with Crippen molar-refractivity contribution in [2.24, 2.45) is 7.05 Å². The number of aryl methyl sites for hydroxylation is 1. The largest absolute Gasteiger partial charge is 0.313 e. The first kappa shape index (κ1) is 11.1. The van der Waals surface area contributed by atoms with Crippen LogP contribution in [0.4, 0.5) is 0 Å². The average Bonchev–Trinajstić information content (AvgIpc) is 2.83. The Kier molecular flexibility index (Phi) is 2.39. The zero-order valence-electron chi connectivity index (χ0n) is 10.8. The van der Waals surface area contributed by atoms with Gasteiger partial charge in [-0.15, -0.1) is 10.2 Å². The second kappa shape index (κ2) is 4.11. The van der Waals surface area contributed by atoms with Crippen LogP contribution in [0.25, 0.3) is 0 Å². The number of fused-ring (bicyclic) bond motifs is 1. The number of hydrogen-bond donors (Lipinski definition) is 1. The van der Waals surface area contributed by atoms with Crippen molar-refractivity contribution in [2.75, 3.05) is 13.1 Å². The molecule has 0 aliphatic carbocycles. The summed E-state index contributed by atoms with van der Waals surface area (Å²) in [5, 5.41) is 16.0. The van der Waals surface area contributed by atoms with Gasteiger partial charge in [0.1, 0.15) is 6.04 Å². The van der Waals surface area contributed by atoms with Crippen molar-refractivity contribution in [3.63, 3.8) is 0 Å². The zero-order chi connectivity index (χ0) is 12.8. The van der Waals surface area contributed by atoms with Gasteiger partial charge in [-0.05, 0) is 10.8 Å². The molecule has 1 aromatic carbocycles. The van der Waals surface area contributed by atoms with Crippen LogP contribution in [0, 0.1) is 0 Å². The number of tetrazole rings is 1. The Hall–Kier alpha value is -1.79. The van der Waals surface area contributed by atoms with E-state index in [9.17, 15) is 0 Å². The van der Waals surface area contributed by atoms with Crippen LogP contribution in [0.5, 0.6) is 0 Å². The van der Waals surface area contributed by atoms with E-state index in [2.05, 4.69) is 49.9 Å². The van der Waals surface area contributed by atoms with Gasteiger partial charge in [0.05, 0.1) is 7.05 Å². The molecule has 2 aliphatic rings. The number of nitrogens with zero attached hydrogens (tertiary/aromatic N) is 5. The summed E-state index contributed by atoms with van der Waals surface area (Å²) in [6.45, 7) is 2.13. The second-order valence-electron chi connectivity index (χ2n) is 5.19. The Morgan fingerprint density at radius 1 is 1.21 bits per heavy atom. The van der Waals surface area contributed by atoms with Crippen LogP contribution in [0.2, 0.25) is 0 Å². The third-order valence-corrected chi connectivity index (χ3v) is 4.01. The molecule has 3 unspecified atom stereocenters. The number of aromatic nitrogens is 4. The highest BCUT2D eigenvalue weighted by Crippen LogP contribution is 2.42. The van der Waals surface area contributed by atoms with Crippen LogP contribution < -0.4 is 5.32 Å². The molecule has 2 aliphatic heterocycles. The number of piperazine rings is 1. The van der Waals surface area contributed by atoms with Gasteiger partial charge in [0.25, 0.3) is 0 Å². The minimum atomic E-state index is 0.131. The fraction of sp³-hybridized carbons (Fsp3) is 0.462. The maximum atomic E-state index is 4.41. The predicted molar refractivity (Wildman–Crippen MR) is 69.4 cm³/mol. The molecule has 0 amide bonds. The minimum absolute atomic E-state index is 0.131. The number of hydrogen-bond acceptors (Lipinski definition) is 5. The van der Waals surface area contributed by atoms with Crippen molar-refractivity contribution >= 4 is 0 Å². The van der Waals surface area contributed by atoms with Gasteiger partial charge in [-0.2, -0.15) is 4.80 Å². The summed E-state index contributed by atoms with van der Waals surface area (Å²) < 4.78 is 0. The zero-order valence-corrected chi connectivity index (χ0v) is 10.8. The molecular weight excluding hydrogens is 240 g/mol. The SMILES string of the molecule is Cn1nnc(C(c2ccccc2)N2C3CNCC32)n1. The first-order valence-electron chi connectivity index (χ1n) is 6.61. The van der Waals surface area contributed by atoms with E-state index in [1.165, 1.54) is 10.4 Å². The molecule has 1 N–H and O–H groups in total. The molecule has 1 aromatic heterocycles. The Labute approximate surface area is 111 Å². The number of rotatable bonds is 3. The molecule has 98 valence electrons. The van der Waals surface area contributed by atoms with E-state index in [1.54, 1.807) is 0 Å². The van der Waals surface area contributed by atoms with Gasteiger partial charge in [-0.1, -0.05) is 30.3 Å². The lowest BCUT2D eigenvalue weighted by Gasteiger charge is -2.19. The summed E-state index contributed by atoms with van der Waals surface area (Å²) in [6.07, 6.45) is 0. The fourth-order valence-electron chi connectivity index (χ4n) is 3.10. The van der Waals surface area contributed by atoms with Gasteiger partial charge < -0.3 is 5.32 Å². The molecule has 3 heterocycles. The van der Waals surface area contributed by atoms with Crippen LogP contribution in [-0.2, 0) is 7.05 Å². The van der Waals surface area contributed by atoms with Crippen molar-refractivity contribution < 1.29 is 0 Å². The molecule has 3 atom stereocenters. The predicted octanol–water partition coefficient (Wildman–Crippen LogP) is -0.0445. The molecule has 2 saturated heterocycles. The van der Waals surface area contributed by atoms with Crippen LogP contribution in [0.1, 0.15) is 17.4 Å². The minimum Gasteiger partial charge on any atom is -0.313 e. The second-order valence-corrected chi connectivity index (χ2v) is 5.19. The molecule has 0 bridgehead atoms. The molecular formula is C13H16N6. The third-order valence-electron chi connectivity index (χ3n) is 4.01. The van der Waals surface area contributed by atoms with Crippen molar-refractivity contribution in [1.82, 2.24) is 30.4 Å². The monoisotopic (exact) mass is 256 g/mol. The van der Waals surface area contributed by atoms with Gasteiger partial charge in [0.15, 0.2) is 5.82 Å². The lowest BCUT2D eigenvalue weighted by molar-refractivity contribution is 0.360. The molecule has 6 heteroatoms. The number of benzene rings is 1. The van der Waals surface area contributed by atoms with E-state index < -0.39 is 0 Å². The Balaban J connectivity index is 1.72. The standard InChI is InChI=1S/C13H16N6/c1-18-16-13(15-17-18)12(9-5-3-2-4-6-9)19-10-7-14-8-11(10)19/h2-6,10-12,14H,7-8H2,1H3. The Morgan fingerprint density at radius 2 is 1.95 bits per heavy atom. The van der Waals surface area contributed by atoms with Crippen LogP contribution in [0.15, 0.2) is 30.3 Å². The lowest BCUT2D eigenvalue weighted by atomic mass is 10.1. The molecule has 0 spiro atoms. The van der Waals surface area contributed by atoms with E-state index in [-0.39, 0.29) is 6.04 Å². The van der Waals surface area contributed by atoms with E-state index in [0.29, 0.717) is 12.1 Å². The Morgan fingerprint density at radius 3 is 2.58 bits per heavy atom. The third kappa shape index (κ3) is 1.75. The molecule has 4 rings (SSSR count). The van der Waals surface area contributed by atoms with Gasteiger partial charge in [0, 0.05) is 25.2 Å². The normalized spacial score (nSPS) is 30.1. The van der Waals surface area contributed by atoms with Crippen molar-refractivity contribution in [2.45, 2.75) is 18.1 Å². The van der Waals surface area contributed by atoms with Crippen LogP contribution in [0.3, 0.4) is 0 Å². The summed E-state index contributed by atoms with van der Waals surface area (Å²) in [5.74, 6) is 0.795. The molecule has 2 aromatic rings. The number of nitrogens with one attached hydrogen (secondary N) is 1. The summed E-state index contributed by atoms with van der Waals surface area (Å²) in [4.78, 5) is 4.02. The van der Waals surface area contributed by atoms with Gasteiger partial charge in [0.2, 0.25) is 0 Å². The van der Waals surface area contributed by atoms with Crippen LogP contribution in [-0.4, -0.2) is 50.3 Å². The topological polar surface area (TPSA) is 58.6 Å². The summed E-state index contributed by atoms with van der Waals surface area (Å²) in [6, 6.07) is 11.8. The smallest absolute Gasteiger partial charge is 0.196 e. The van der Waals surface area contributed by atoms with Gasteiger partial charge >= 0.3 is 0 Å². The van der Waals surface area contributed by atoms with Crippen molar-refractivity contribution in [1.29, 1.82) is 0 Å². The maximum absolute atomic E-state index is 4.41. The van der Waals surface area contributed by atoms with Gasteiger partial charge in [-0.3, -0.25) is 4.90 Å². The molecule has 19 heavy (non-hydrogen) atoms. The quantitative estimate of drug-likeness (QED) is 0.781. The molecule has 6 nitrogen and oxygen atoms in total. The first-order valence-corrected chi connectivity index (χ1v) is 6.61. The van der Waals surface area contributed by atoms with Crippen molar-refractivity contribution in [3.05, 3.63) is 41.7 Å². The van der Waals surface area contributed by atoms with E-state index in [1.807, 2.05) is 13.1 Å². The molecule has 0 radical (unpaired) electrons. The molecule has 0 saturated carbocycles. The fourth-order valence-corrected chi connectivity index (χ4v) is 3.10. The summed E-state index contributed by atoms with van der Waals surface area (Å²) >= 11 is 0. The van der Waals surface area contributed by atoms with E-state index in [0.717, 1.165) is 18.9 Å². The van der Waals surface area contributed by atoms with Gasteiger partial charge in [-0.25, -0.2) is 0 Å². The highest BCUT2D eigenvalue weighted by Gasteiger charge is 2.55. The maximum Gasteiger partial charge on any atom is 0.196 e. The molecule has 2 fully saturated rings. The highest BCUT2D eigenvalue weighted by atomic mass is 15.6. The van der Waals surface area contributed by atoms with Crippen molar-refractivity contribution in [3.8, 4) is 0 Å². The highest BCUT2D eigenvalue weighted by molar-refractivity contribution is 5.29. The van der Waals surface area contributed by atoms with Crippen LogP contribution >= 0.6 is 0 Å². The summed E-state index contributed by atoms with van der Waals surface area (Å²) in [5.41, 5.74) is 1.24. The Bertz CT molecular complexity index is 570. The lowest BCUT2D eigenvalue weighted by Crippen LogP contribution is -2.27. The first-order chi connectivity index (χ1) is 9.34. The average molecular weight is 256 g/mol. The van der Waals surface area contributed by atoms with E-state index in [4.69, 9.17) is 0 Å². The van der Waals surface area contributed by atoms with E-state index >= 15 is 0 Å².